The summed E-state index contributed by atoms with van der Waals surface area (Å²) in [5, 5.41) is 2.67. The van der Waals surface area contributed by atoms with E-state index in [9.17, 15) is 22.8 Å². The van der Waals surface area contributed by atoms with Crippen LogP contribution >= 0.6 is 0 Å². The van der Waals surface area contributed by atoms with Crippen molar-refractivity contribution in [2.24, 2.45) is 0 Å². The number of aromatic nitrogens is 1. The van der Waals surface area contributed by atoms with Crippen molar-refractivity contribution in [3.63, 3.8) is 0 Å². The molecule has 1 saturated heterocycles. The molecule has 2 aromatic rings. The van der Waals surface area contributed by atoms with Gasteiger partial charge in [0.1, 0.15) is 11.4 Å². The van der Waals surface area contributed by atoms with Gasteiger partial charge in [-0.1, -0.05) is 25.7 Å². The first-order valence-electron chi connectivity index (χ1n) is 16.6. The van der Waals surface area contributed by atoms with E-state index >= 15 is 4.39 Å². The quantitative estimate of drug-likeness (QED) is 0.222. The Morgan fingerprint density at radius 3 is 2.27 bits per heavy atom. The largest absolute Gasteiger partial charge is 0.478 e. The Balaban J connectivity index is 1.69. The highest BCUT2D eigenvalue weighted by molar-refractivity contribution is 6.76. The number of rotatable bonds is 8. The highest BCUT2D eigenvalue weighted by Crippen LogP contribution is 2.38. The molecule has 0 aliphatic carbocycles. The number of piperazine rings is 1. The molecule has 14 heteroatoms. The predicted octanol–water partition coefficient (Wildman–Crippen LogP) is 7.76. The molecule has 1 aromatic carbocycles. The minimum absolute atomic E-state index is 0.0875. The maximum atomic E-state index is 16.0. The second kappa shape index (κ2) is 14.7. The molecule has 0 radical (unpaired) electrons. The van der Waals surface area contributed by atoms with Crippen LogP contribution in [0.2, 0.25) is 25.7 Å². The number of pyridine rings is 1. The standard InChI is InChI=1S/C35H49F4N5O4Si/c1-22-20-44(21-23(2)42(22)6)30-18-28(36)25(24-10-12-43(13-11-24)33(46)48-34(3,4)5)16-29(30)41-32(45)26-19-40-31(17-27(26)35(37,38)39)47-14-15-49(7,8)9/h10,16-19,22-23H,11-15,20-21H2,1-9H3,(H,41,45)/t22-,23+. The van der Waals surface area contributed by atoms with Gasteiger partial charge in [0, 0.05) is 64.2 Å². The molecule has 0 spiro atoms. The third-order valence-electron chi connectivity index (χ3n) is 8.77. The van der Waals surface area contributed by atoms with Crippen LogP contribution in [0.5, 0.6) is 5.88 Å². The van der Waals surface area contributed by atoms with E-state index in [-0.39, 0.29) is 48.9 Å². The molecule has 3 heterocycles. The summed E-state index contributed by atoms with van der Waals surface area (Å²) < 4.78 is 69.9. The van der Waals surface area contributed by atoms with Gasteiger partial charge >= 0.3 is 12.3 Å². The summed E-state index contributed by atoms with van der Waals surface area (Å²) in [5.41, 5.74) is -1.18. The van der Waals surface area contributed by atoms with Crippen molar-refractivity contribution < 1.29 is 36.6 Å². The highest BCUT2D eigenvalue weighted by Gasteiger charge is 2.37. The predicted molar refractivity (Wildman–Crippen MR) is 187 cm³/mol. The molecule has 0 unspecified atom stereocenters. The van der Waals surface area contributed by atoms with Crippen LogP contribution in [-0.4, -0.2) is 92.4 Å². The summed E-state index contributed by atoms with van der Waals surface area (Å²) in [4.78, 5) is 35.9. The van der Waals surface area contributed by atoms with Gasteiger partial charge in [0.25, 0.3) is 5.91 Å². The minimum Gasteiger partial charge on any atom is -0.478 e. The number of anilines is 2. The fraction of sp³-hybridized carbons (Fsp3) is 0.571. The van der Waals surface area contributed by atoms with E-state index < -0.39 is 48.8 Å². The second-order valence-corrected chi connectivity index (χ2v) is 20.8. The van der Waals surface area contributed by atoms with Gasteiger partial charge in [0.05, 0.1) is 29.1 Å². The van der Waals surface area contributed by atoms with Crippen molar-refractivity contribution in [2.75, 3.05) is 50.1 Å². The van der Waals surface area contributed by atoms with Gasteiger partial charge in [-0.25, -0.2) is 14.2 Å². The minimum atomic E-state index is -4.86. The molecule has 2 amide bonds. The number of nitrogens with zero attached hydrogens (tertiary/aromatic N) is 4. The summed E-state index contributed by atoms with van der Waals surface area (Å²) in [5.74, 6) is -1.78. The van der Waals surface area contributed by atoms with E-state index in [1.165, 1.54) is 17.0 Å². The lowest BCUT2D eigenvalue weighted by Gasteiger charge is -2.44. The summed E-state index contributed by atoms with van der Waals surface area (Å²) in [6, 6.07) is 4.46. The lowest BCUT2D eigenvalue weighted by Crippen LogP contribution is -2.55. The van der Waals surface area contributed by atoms with Crippen molar-refractivity contribution in [3.8, 4) is 5.88 Å². The van der Waals surface area contributed by atoms with E-state index in [2.05, 4.69) is 34.8 Å². The topological polar surface area (TPSA) is 87.2 Å². The van der Waals surface area contributed by atoms with Gasteiger partial charge in [-0.3, -0.25) is 9.69 Å². The monoisotopic (exact) mass is 707 g/mol. The molecule has 2 aliphatic heterocycles. The van der Waals surface area contributed by atoms with Crippen LogP contribution in [0.25, 0.3) is 5.57 Å². The molecule has 1 aromatic heterocycles. The van der Waals surface area contributed by atoms with E-state index in [0.29, 0.717) is 30.8 Å². The summed E-state index contributed by atoms with van der Waals surface area (Å²) in [7, 11) is 0.495. The number of carbonyl (C=O) groups excluding carboxylic acids is 2. The van der Waals surface area contributed by atoms with E-state index in [0.717, 1.165) is 18.3 Å². The Kier molecular flexibility index (Phi) is 11.4. The molecule has 0 saturated carbocycles. The van der Waals surface area contributed by atoms with Crippen molar-refractivity contribution in [1.82, 2.24) is 14.8 Å². The van der Waals surface area contributed by atoms with Crippen molar-refractivity contribution in [1.29, 1.82) is 0 Å². The molecule has 2 atom stereocenters. The van der Waals surface area contributed by atoms with Gasteiger partial charge < -0.3 is 24.6 Å². The SMILES string of the molecule is C[C@@H]1CN(c2cc(F)c(C3=CCN(C(=O)OC(C)(C)C)CC3)cc2NC(=O)c2cnc(OCC[Si](C)(C)C)cc2C(F)(F)F)C[C@H](C)N1C. The Labute approximate surface area is 287 Å². The number of benzene rings is 1. The van der Waals surface area contributed by atoms with Crippen LogP contribution in [-0.2, 0) is 10.9 Å². The van der Waals surface area contributed by atoms with Gasteiger partial charge in [-0.2, -0.15) is 13.2 Å². The zero-order chi connectivity index (χ0) is 36.5. The molecule has 49 heavy (non-hydrogen) atoms. The molecular formula is C35H49F4N5O4Si. The lowest BCUT2D eigenvalue weighted by molar-refractivity contribution is -0.138. The van der Waals surface area contributed by atoms with Crippen LogP contribution in [0, 0.1) is 5.82 Å². The first-order chi connectivity index (χ1) is 22.6. The number of carbonyl (C=O) groups is 2. The fourth-order valence-electron chi connectivity index (χ4n) is 5.76. The third-order valence-corrected chi connectivity index (χ3v) is 10.5. The number of halogens is 4. The Morgan fingerprint density at radius 1 is 1.06 bits per heavy atom. The number of likely N-dealkylation sites (N-methyl/N-ethyl adjacent to an activating group) is 1. The number of amides is 2. The van der Waals surface area contributed by atoms with E-state index in [1.54, 1.807) is 26.8 Å². The normalized spacial score (nSPS) is 19.4. The number of hydrogen-bond acceptors (Lipinski definition) is 7. The zero-order valence-corrected chi connectivity index (χ0v) is 30.9. The molecule has 1 fully saturated rings. The Hall–Kier alpha value is -3.65. The van der Waals surface area contributed by atoms with Gasteiger partial charge in [0.15, 0.2) is 0 Å². The van der Waals surface area contributed by atoms with Crippen molar-refractivity contribution in [2.45, 2.75) is 90.6 Å². The number of alkyl halides is 3. The summed E-state index contributed by atoms with van der Waals surface area (Å²) >= 11 is 0. The average molecular weight is 708 g/mol. The Bertz CT molecular complexity index is 1560. The smallest absolute Gasteiger partial charge is 0.417 e. The van der Waals surface area contributed by atoms with Crippen LogP contribution in [0.15, 0.2) is 30.5 Å². The number of nitrogens with one attached hydrogen (secondary N) is 1. The summed E-state index contributed by atoms with van der Waals surface area (Å²) in [6.45, 7) is 17.5. The number of ether oxygens (including phenoxy) is 2. The Morgan fingerprint density at radius 2 is 1.71 bits per heavy atom. The van der Waals surface area contributed by atoms with Gasteiger partial charge in [0.2, 0.25) is 5.88 Å². The van der Waals surface area contributed by atoms with Crippen molar-refractivity contribution in [3.05, 3.63) is 53.0 Å². The molecule has 4 rings (SSSR count). The van der Waals surface area contributed by atoms with Crippen LogP contribution < -0.4 is 15.0 Å². The van der Waals surface area contributed by atoms with Crippen molar-refractivity contribution >= 4 is 37.0 Å². The first-order valence-corrected chi connectivity index (χ1v) is 20.3. The second-order valence-electron chi connectivity index (χ2n) is 15.2. The van der Waals surface area contributed by atoms with Crippen LogP contribution in [0.4, 0.5) is 33.7 Å². The zero-order valence-electron chi connectivity index (χ0n) is 29.9. The molecular weight excluding hydrogens is 658 g/mol. The lowest BCUT2D eigenvalue weighted by atomic mass is 9.97. The maximum Gasteiger partial charge on any atom is 0.417 e. The average Bonchev–Trinajstić information content (AvgIpc) is 2.98. The fourth-order valence-corrected chi connectivity index (χ4v) is 6.47. The van der Waals surface area contributed by atoms with Gasteiger partial charge in [-0.15, -0.1) is 0 Å². The molecule has 270 valence electrons. The van der Waals surface area contributed by atoms with E-state index in [4.69, 9.17) is 9.47 Å². The van der Waals surface area contributed by atoms with Crippen LogP contribution in [0.1, 0.15) is 62.5 Å². The third kappa shape index (κ3) is 9.96. The van der Waals surface area contributed by atoms with Gasteiger partial charge in [-0.05, 0) is 71.8 Å². The summed E-state index contributed by atoms with van der Waals surface area (Å²) in [6.07, 6.45) is -2.43. The molecule has 1 N–H and O–H groups in total. The van der Waals surface area contributed by atoms with Crippen LogP contribution in [0.3, 0.4) is 0 Å². The first kappa shape index (κ1) is 38.2. The molecule has 0 bridgehead atoms. The molecule has 2 aliphatic rings. The number of hydrogen-bond donors (Lipinski definition) is 1. The molecule has 9 nitrogen and oxygen atoms in total. The highest BCUT2D eigenvalue weighted by atomic mass is 28.3. The maximum absolute atomic E-state index is 16.0. The van der Waals surface area contributed by atoms with E-state index in [1.807, 2.05) is 25.8 Å².